The van der Waals surface area contributed by atoms with Gasteiger partial charge in [-0.05, 0) is 17.2 Å². The summed E-state index contributed by atoms with van der Waals surface area (Å²) in [6.07, 6.45) is 9.95. The zero-order chi connectivity index (χ0) is 9.47. The molecular formula is C10H8Cl2O. The quantitative estimate of drug-likeness (QED) is 0.615. The van der Waals surface area contributed by atoms with Gasteiger partial charge in [0.05, 0.1) is 6.10 Å². The van der Waals surface area contributed by atoms with Gasteiger partial charge in [0.2, 0.25) is 0 Å². The van der Waals surface area contributed by atoms with Crippen molar-refractivity contribution in [2.45, 2.75) is 10.4 Å². The van der Waals surface area contributed by atoms with Crippen molar-refractivity contribution >= 4 is 23.2 Å². The highest BCUT2D eigenvalue weighted by molar-refractivity contribution is 6.52. The van der Waals surface area contributed by atoms with Crippen molar-refractivity contribution in [1.29, 1.82) is 0 Å². The van der Waals surface area contributed by atoms with Crippen LogP contribution in [0.15, 0.2) is 47.6 Å². The molecule has 0 spiro atoms. The highest BCUT2D eigenvalue weighted by Crippen LogP contribution is 2.41. The van der Waals surface area contributed by atoms with Crippen LogP contribution in [0.5, 0.6) is 0 Å². The van der Waals surface area contributed by atoms with E-state index in [9.17, 15) is 5.11 Å². The fourth-order valence-electron chi connectivity index (χ4n) is 1.47. The summed E-state index contributed by atoms with van der Waals surface area (Å²) >= 11 is 12.1. The first-order chi connectivity index (χ1) is 6.11. The summed E-state index contributed by atoms with van der Waals surface area (Å²) in [5, 5.41) is 9.59. The third-order valence-corrected chi connectivity index (χ3v) is 2.79. The summed E-state index contributed by atoms with van der Waals surface area (Å²) < 4.78 is -1.00. The highest BCUT2D eigenvalue weighted by atomic mass is 35.5. The molecule has 0 aromatic heterocycles. The number of fused-ring (bicyclic) bond motifs is 1. The number of halogens is 2. The summed E-state index contributed by atoms with van der Waals surface area (Å²) in [6.45, 7) is 0. The first kappa shape index (κ1) is 9.07. The molecule has 0 heterocycles. The Morgan fingerprint density at radius 3 is 2.69 bits per heavy atom. The second kappa shape index (κ2) is 3.02. The lowest BCUT2D eigenvalue weighted by Gasteiger charge is -2.28. The van der Waals surface area contributed by atoms with E-state index in [1.807, 2.05) is 12.2 Å². The van der Waals surface area contributed by atoms with E-state index in [1.54, 1.807) is 24.3 Å². The number of allylic oxidation sites excluding steroid dienone is 5. The van der Waals surface area contributed by atoms with Crippen molar-refractivity contribution in [3.63, 3.8) is 0 Å². The maximum Gasteiger partial charge on any atom is 0.161 e. The molecule has 0 aromatic carbocycles. The van der Waals surface area contributed by atoms with Gasteiger partial charge in [-0.25, -0.2) is 0 Å². The standard InChI is InChI=1S/C10H8Cl2O/c11-10(12)6-2-3-7-8(10)4-1-5-9(7)13/h1-6,9,13H. The molecule has 2 aliphatic carbocycles. The van der Waals surface area contributed by atoms with Crippen LogP contribution in [0, 0.1) is 0 Å². The lowest BCUT2D eigenvalue weighted by molar-refractivity contribution is 0.259. The fourth-order valence-corrected chi connectivity index (χ4v) is 1.96. The zero-order valence-electron chi connectivity index (χ0n) is 6.74. The van der Waals surface area contributed by atoms with Gasteiger partial charge in [-0.3, -0.25) is 0 Å². The van der Waals surface area contributed by atoms with Crippen molar-refractivity contribution in [1.82, 2.24) is 0 Å². The van der Waals surface area contributed by atoms with Crippen molar-refractivity contribution in [2.75, 3.05) is 0 Å². The van der Waals surface area contributed by atoms with Crippen LogP contribution in [-0.2, 0) is 0 Å². The lowest BCUT2D eigenvalue weighted by atomic mass is 9.89. The van der Waals surface area contributed by atoms with Crippen molar-refractivity contribution in [2.24, 2.45) is 0 Å². The van der Waals surface area contributed by atoms with E-state index in [-0.39, 0.29) is 0 Å². The predicted octanol–water partition coefficient (Wildman–Crippen LogP) is 2.51. The van der Waals surface area contributed by atoms with Gasteiger partial charge in [-0.2, -0.15) is 0 Å². The molecule has 0 amide bonds. The molecule has 1 N–H and O–H groups in total. The minimum Gasteiger partial charge on any atom is -0.384 e. The molecule has 0 saturated carbocycles. The van der Waals surface area contributed by atoms with Gasteiger partial charge in [0, 0.05) is 0 Å². The van der Waals surface area contributed by atoms with Crippen LogP contribution in [0.4, 0.5) is 0 Å². The Kier molecular flexibility index (Phi) is 2.11. The minimum atomic E-state index is -1.00. The number of hydrogen-bond acceptors (Lipinski definition) is 1. The molecule has 0 radical (unpaired) electrons. The maximum atomic E-state index is 9.59. The van der Waals surface area contributed by atoms with E-state index in [1.165, 1.54) is 0 Å². The predicted molar refractivity (Wildman–Crippen MR) is 54.9 cm³/mol. The average Bonchev–Trinajstić information content (AvgIpc) is 2.06. The Morgan fingerprint density at radius 1 is 1.23 bits per heavy atom. The summed E-state index contributed by atoms with van der Waals surface area (Å²) in [7, 11) is 0. The smallest absolute Gasteiger partial charge is 0.161 e. The molecule has 2 aliphatic rings. The van der Waals surface area contributed by atoms with E-state index < -0.39 is 10.4 Å². The lowest BCUT2D eigenvalue weighted by Crippen LogP contribution is -2.24. The Bertz CT molecular complexity index is 348. The second-order valence-electron chi connectivity index (χ2n) is 3.01. The Labute approximate surface area is 86.7 Å². The van der Waals surface area contributed by atoms with Gasteiger partial charge in [-0.1, -0.05) is 53.6 Å². The molecule has 1 atom stereocenters. The normalized spacial score (nSPS) is 29.3. The third kappa shape index (κ3) is 1.48. The number of hydrogen-bond donors (Lipinski definition) is 1. The molecule has 0 fully saturated rings. The van der Waals surface area contributed by atoms with Crippen LogP contribution >= 0.6 is 23.2 Å². The van der Waals surface area contributed by atoms with Crippen LogP contribution < -0.4 is 0 Å². The van der Waals surface area contributed by atoms with Crippen LogP contribution in [0.2, 0.25) is 0 Å². The van der Waals surface area contributed by atoms with Crippen molar-refractivity contribution in [3.8, 4) is 0 Å². The van der Waals surface area contributed by atoms with Gasteiger partial charge in [0.25, 0.3) is 0 Å². The molecule has 0 saturated heterocycles. The molecule has 3 heteroatoms. The molecule has 0 bridgehead atoms. The van der Waals surface area contributed by atoms with Crippen LogP contribution in [0.25, 0.3) is 0 Å². The minimum absolute atomic E-state index is 0.596. The SMILES string of the molecule is OC1C=CC=C2C1=CC=CC2(Cl)Cl. The Hall–Kier alpha value is -0.500. The topological polar surface area (TPSA) is 20.2 Å². The van der Waals surface area contributed by atoms with Crippen LogP contribution in [-0.4, -0.2) is 15.5 Å². The number of aliphatic hydroxyl groups is 1. The molecule has 0 aromatic rings. The van der Waals surface area contributed by atoms with Gasteiger partial charge < -0.3 is 5.11 Å². The molecule has 68 valence electrons. The van der Waals surface area contributed by atoms with Crippen molar-refractivity contribution < 1.29 is 5.11 Å². The first-order valence-corrected chi connectivity index (χ1v) is 4.71. The molecule has 1 nitrogen and oxygen atoms in total. The summed E-state index contributed by atoms with van der Waals surface area (Å²) in [6, 6.07) is 0. The highest BCUT2D eigenvalue weighted by Gasteiger charge is 2.33. The van der Waals surface area contributed by atoms with Gasteiger partial charge in [0.15, 0.2) is 4.33 Å². The van der Waals surface area contributed by atoms with E-state index >= 15 is 0 Å². The monoisotopic (exact) mass is 214 g/mol. The molecule has 13 heavy (non-hydrogen) atoms. The van der Waals surface area contributed by atoms with E-state index in [0.717, 1.165) is 11.1 Å². The molecular weight excluding hydrogens is 207 g/mol. The summed E-state index contributed by atoms with van der Waals surface area (Å²) in [5.74, 6) is 0. The van der Waals surface area contributed by atoms with Crippen LogP contribution in [0.3, 0.4) is 0 Å². The zero-order valence-corrected chi connectivity index (χ0v) is 8.26. The van der Waals surface area contributed by atoms with Crippen LogP contribution in [0.1, 0.15) is 0 Å². The average molecular weight is 215 g/mol. The van der Waals surface area contributed by atoms with Gasteiger partial charge in [0.1, 0.15) is 0 Å². The largest absolute Gasteiger partial charge is 0.384 e. The number of aliphatic hydroxyl groups excluding tert-OH is 1. The van der Waals surface area contributed by atoms with Crippen molar-refractivity contribution in [3.05, 3.63) is 47.6 Å². The Morgan fingerprint density at radius 2 is 2.00 bits per heavy atom. The third-order valence-electron chi connectivity index (χ3n) is 2.13. The van der Waals surface area contributed by atoms with Gasteiger partial charge in [-0.15, -0.1) is 0 Å². The van der Waals surface area contributed by atoms with E-state index in [2.05, 4.69) is 0 Å². The summed E-state index contributed by atoms with van der Waals surface area (Å²) in [4.78, 5) is 0. The Balaban J connectivity index is 2.50. The number of rotatable bonds is 0. The van der Waals surface area contributed by atoms with E-state index in [0.29, 0.717) is 0 Å². The number of alkyl halides is 2. The second-order valence-corrected chi connectivity index (χ2v) is 4.40. The fraction of sp³-hybridized carbons (Fsp3) is 0.200. The van der Waals surface area contributed by atoms with Gasteiger partial charge >= 0.3 is 0 Å². The summed E-state index contributed by atoms with van der Waals surface area (Å²) in [5.41, 5.74) is 1.53. The first-order valence-electron chi connectivity index (χ1n) is 3.96. The molecule has 0 aliphatic heterocycles. The maximum absolute atomic E-state index is 9.59. The van der Waals surface area contributed by atoms with E-state index in [4.69, 9.17) is 23.2 Å². The molecule has 1 unspecified atom stereocenters. The molecule has 2 rings (SSSR count).